The monoisotopic (exact) mass is 430 g/mol. The third-order valence-corrected chi connectivity index (χ3v) is 5.87. The van der Waals surface area contributed by atoms with E-state index in [0.29, 0.717) is 16.1 Å². The molecular formula is C22H24ClFN4O2. The average molecular weight is 431 g/mol. The number of hydrogen-bond acceptors (Lipinski definition) is 3. The van der Waals surface area contributed by atoms with Crippen molar-refractivity contribution in [2.45, 2.75) is 31.8 Å². The molecule has 2 aromatic carbocycles. The number of nitrogens with zero attached hydrogens (tertiary/aromatic N) is 2. The Labute approximate surface area is 178 Å². The maximum absolute atomic E-state index is 13.4. The second kappa shape index (κ2) is 8.62. The van der Waals surface area contributed by atoms with Crippen LogP contribution in [0.5, 0.6) is 0 Å². The predicted octanol–water partition coefficient (Wildman–Crippen LogP) is 3.58. The second-order valence-electron chi connectivity index (χ2n) is 7.87. The Morgan fingerprint density at radius 2 is 1.93 bits per heavy atom. The third kappa shape index (κ3) is 4.42. The Morgan fingerprint density at radius 3 is 2.63 bits per heavy atom. The van der Waals surface area contributed by atoms with Gasteiger partial charge < -0.3 is 15.2 Å². The number of aromatic amines is 1. The summed E-state index contributed by atoms with van der Waals surface area (Å²) in [6.07, 6.45) is 1.64. The van der Waals surface area contributed by atoms with Gasteiger partial charge >= 0.3 is 5.69 Å². The number of halogens is 2. The SMILES string of the molecule is CC(CN1CCC(n2c(=O)[nH]c3cc(F)ccc32)CC1)NC(=O)c1ccc(Cl)cc1. The van der Waals surface area contributed by atoms with Gasteiger partial charge in [-0.3, -0.25) is 9.36 Å². The molecule has 8 heteroatoms. The fourth-order valence-corrected chi connectivity index (χ4v) is 4.29. The van der Waals surface area contributed by atoms with Crippen LogP contribution in [0.3, 0.4) is 0 Å². The van der Waals surface area contributed by atoms with Gasteiger partial charge in [-0.05, 0) is 62.2 Å². The highest BCUT2D eigenvalue weighted by Crippen LogP contribution is 2.25. The Bertz CT molecular complexity index is 1100. The van der Waals surface area contributed by atoms with Gasteiger partial charge in [-0.15, -0.1) is 0 Å². The van der Waals surface area contributed by atoms with E-state index < -0.39 is 0 Å². The van der Waals surface area contributed by atoms with Gasteiger partial charge in [0.1, 0.15) is 5.82 Å². The Hall–Kier alpha value is -2.64. The number of nitrogens with one attached hydrogen (secondary N) is 2. The van der Waals surface area contributed by atoms with Crippen LogP contribution in [0.4, 0.5) is 4.39 Å². The highest BCUT2D eigenvalue weighted by molar-refractivity contribution is 6.30. The number of carbonyl (C=O) groups excluding carboxylic acids is 1. The van der Waals surface area contributed by atoms with Crippen LogP contribution >= 0.6 is 11.6 Å². The summed E-state index contributed by atoms with van der Waals surface area (Å²) in [5.41, 5.74) is 1.65. The fourth-order valence-electron chi connectivity index (χ4n) is 4.17. The van der Waals surface area contributed by atoms with Crippen molar-refractivity contribution in [3.05, 3.63) is 69.4 Å². The molecule has 2 heterocycles. The fraction of sp³-hybridized carbons (Fsp3) is 0.364. The standard InChI is InChI=1S/C22H24ClFN4O2/c1-14(25-21(29)15-2-4-16(23)5-3-15)13-27-10-8-18(9-11-27)28-20-7-6-17(24)12-19(20)26-22(28)30/h2-7,12,14,18H,8-11,13H2,1H3,(H,25,29)(H,26,30). The summed E-state index contributed by atoms with van der Waals surface area (Å²) in [4.78, 5) is 29.8. The number of H-pyrrole nitrogens is 1. The molecule has 0 saturated carbocycles. The molecule has 1 aliphatic heterocycles. The summed E-state index contributed by atoms with van der Waals surface area (Å²) in [6, 6.07) is 11.3. The summed E-state index contributed by atoms with van der Waals surface area (Å²) < 4.78 is 15.2. The van der Waals surface area contributed by atoms with Gasteiger partial charge in [0.15, 0.2) is 0 Å². The van der Waals surface area contributed by atoms with Crippen LogP contribution in [0.2, 0.25) is 5.02 Å². The zero-order valence-electron chi connectivity index (χ0n) is 16.7. The molecule has 3 aromatic rings. The van der Waals surface area contributed by atoms with Crippen molar-refractivity contribution in [2.24, 2.45) is 0 Å². The number of benzene rings is 2. The topological polar surface area (TPSA) is 70.1 Å². The van der Waals surface area contributed by atoms with Gasteiger partial charge in [-0.1, -0.05) is 11.6 Å². The minimum atomic E-state index is -0.361. The molecule has 6 nitrogen and oxygen atoms in total. The van der Waals surface area contributed by atoms with Gasteiger partial charge in [-0.25, -0.2) is 9.18 Å². The minimum Gasteiger partial charge on any atom is -0.348 e. The zero-order chi connectivity index (χ0) is 21.3. The average Bonchev–Trinajstić information content (AvgIpc) is 3.03. The number of piperidine rings is 1. The van der Waals surface area contributed by atoms with Crippen LogP contribution in [0.1, 0.15) is 36.2 Å². The van der Waals surface area contributed by atoms with Gasteiger partial charge in [0.25, 0.3) is 5.91 Å². The molecule has 1 aromatic heterocycles. The smallest absolute Gasteiger partial charge is 0.326 e. The van der Waals surface area contributed by atoms with E-state index in [1.54, 1.807) is 34.9 Å². The number of likely N-dealkylation sites (tertiary alicyclic amines) is 1. The summed E-state index contributed by atoms with van der Waals surface area (Å²) in [6.45, 7) is 4.37. The molecule has 158 valence electrons. The number of rotatable bonds is 5. The molecule has 1 saturated heterocycles. The van der Waals surface area contributed by atoms with E-state index in [-0.39, 0.29) is 29.5 Å². The second-order valence-corrected chi connectivity index (χ2v) is 8.31. The Kier molecular flexibility index (Phi) is 5.92. The van der Waals surface area contributed by atoms with Crippen LogP contribution in [0, 0.1) is 5.82 Å². The lowest BCUT2D eigenvalue weighted by Gasteiger charge is -2.34. The van der Waals surface area contributed by atoms with Crippen molar-refractivity contribution in [1.29, 1.82) is 0 Å². The van der Waals surface area contributed by atoms with Crippen LogP contribution in [0.15, 0.2) is 47.3 Å². The molecule has 1 fully saturated rings. The van der Waals surface area contributed by atoms with Gasteiger partial charge in [0, 0.05) is 42.3 Å². The van der Waals surface area contributed by atoms with Crippen molar-refractivity contribution >= 4 is 28.5 Å². The normalized spacial score (nSPS) is 16.6. The molecule has 1 aliphatic rings. The van der Waals surface area contributed by atoms with Crippen molar-refractivity contribution in [2.75, 3.05) is 19.6 Å². The van der Waals surface area contributed by atoms with E-state index in [1.165, 1.54) is 12.1 Å². The highest BCUT2D eigenvalue weighted by Gasteiger charge is 2.25. The molecule has 1 atom stereocenters. The molecule has 4 rings (SSSR count). The summed E-state index contributed by atoms with van der Waals surface area (Å²) in [5.74, 6) is -0.480. The first-order valence-electron chi connectivity index (χ1n) is 10.1. The molecule has 0 bridgehead atoms. The first-order valence-corrected chi connectivity index (χ1v) is 10.5. The van der Waals surface area contributed by atoms with E-state index in [4.69, 9.17) is 11.6 Å². The van der Waals surface area contributed by atoms with Gasteiger partial charge in [0.2, 0.25) is 0 Å². The van der Waals surface area contributed by atoms with E-state index in [1.807, 2.05) is 6.92 Å². The minimum absolute atomic E-state index is 0.0106. The number of imidazole rings is 1. The van der Waals surface area contributed by atoms with Crippen LogP contribution in [0.25, 0.3) is 11.0 Å². The highest BCUT2D eigenvalue weighted by atomic mass is 35.5. The molecule has 2 N–H and O–H groups in total. The van der Waals surface area contributed by atoms with Gasteiger partial charge in [0.05, 0.1) is 11.0 Å². The Balaban J connectivity index is 1.34. The number of amides is 1. The van der Waals surface area contributed by atoms with Crippen molar-refractivity contribution in [3.8, 4) is 0 Å². The molecule has 1 amide bonds. The summed E-state index contributed by atoms with van der Waals surface area (Å²) in [5, 5.41) is 3.62. The number of carbonyl (C=O) groups is 1. The predicted molar refractivity (Wildman–Crippen MR) is 116 cm³/mol. The van der Waals surface area contributed by atoms with Crippen molar-refractivity contribution in [1.82, 2.24) is 19.8 Å². The molecular weight excluding hydrogens is 407 g/mol. The molecule has 1 unspecified atom stereocenters. The van der Waals surface area contributed by atoms with Crippen molar-refractivity contribution < 1.29 is 9.18 Å². The maximum Gasteiger partial charge on any atom is 0.326 e. The van der Waals surface area contributed by atoms with E-state index >= 15 is 0 Å². The van der Waals surface area contributed by atoms with E-state index in [2.05, 4.69) is 15.2 Å². The molecule has 0 radical (unpaired) electrons. The first kappa shape index (κ1) is 20.6. The third-order valence-electron chi connectivity index (χ3n) is 5.62. The lowest BCUT2D eigenvalue weighted by atomic mass is 10.0. The summed E-state index contributed by atoms with van der Waals surface area (Å²) >= 11 is 5.87. The zero-order valence-corrected chi connectivity index (χ0v) is 17.5. The maximum atomic E-state index is 13.4. The molecule has 0 spiro atoms. The molecule has 0 aliphatic carbocycles. The largest absolute Gasteiger partial charge is 0.348 e. The first-order chi connectivity index (χ1) is 14.4. The van der Waals surface area contributed by atoms with Crippen molar-refractivity contribution in [3.63, 3.8) is 0 Å². The quantitative estimate of drug-likeness (QED) is 0.650. The van der Waals surface area contributed by atoms with E-state index in [9.17, 15) is 14.0 Å². The molecule has 30 heavy (non-hydrogen) atoms. The Morgan fingerprint density at radius 1 is 1.23 bits per heavy atom. The van der Waals surface area contributed by atoms with Crippen LogP contribution in [-0.4, -0.2) is 46.0 Å². The number of fused-ring (bicyclic) bond motifs is 1. The lowest BCUT2D eigenvalue weighted by Crippen LogP contribution is -2.45. The summed E-state index contributed by atoms with van der Waals surface area (Å²) in [7, 11) is 0. The van der Waals surface area contributed by atoms with Crippen LogP contribution < -0.4 is 11.0 Å². The lowest BCUT2D eigenvalue weighted by molar-refractivity contribution is 0.0921. The van der Waals surface area contributed by atoms with Gasteiger partial charge in [-0.2, -0.15) is 0 Å². The number of hydrogen-bond donors (Lipinski definition) is 2. The van der Waals surface area contributed by atoms with Crippen LogP contribution in [-0.2, 0) is 0 Å². The number of aromatic nitrogens is 2. The van der Waals surface area contributed by atoms with E-state index in [0.717, 1.165) is 38.0 Å².